The molecule has 0 spiro atoms. The molecule has 0 aliphatic carbocycles. The van der Waals surface area contributed by atoms with Crippen LogP contribution in [0.15, 0.2) is 24.3 Å². The van der Waals surface area contributed by atoms with E-state index in [0.717, 1.165) is 37.3 Å². The Balaban J connectivity index is 1.82. The average molecular weight is 275 g/mol. The summed E-state index contributed by atoms with van der Waals surface area (Å²) in [5.74, 6) is 0.375. The van der Waals surface area contributed by atoms with Gasteiger partial charge in [0.05, 0.1) is 0 Å². The minimum Gasteiger partial charge on any atom is -0.326 e. The third kappa shape index (κ3) is 4.66. The van der Waals surface area contributed by atoms with Crippen LogP contribution in [-0.2, 0) is 9.59 Å². The molecular formula is C15H21N3O2. The molecule has 1 aromatic carbocycles. The fourth-order valence-corrected chi connectivity index (χ4v) is 2.41. The number of nitrogens with one attached hydrogen (secondary N) is 3. The maximum absolute atomic E-state index is 11.9. The van der Waals surface area contributed by atoms with Gasteiger partial charge in [-0.25, -0.2) is 0 Å². The second-order valence-corrected chi connectivity index (χ2v) is 5.22. The SMILES string of the molecule is CC(=O)Nc1ccc(NC(=O)CC2CCCNC2)cc1. The van der Waals surface area contributed by atoms with Gasteiger partial charge in [-0.2, -0.15) is 0 Å². The molecule has 1 aliphatic heterocycles. The largest absolute Gasteiger partial charge is 0.326 e. The van der Waals surface area contributed by atoms with Crippen molar-refractivity contribution in [3.05, 3.63) is 24.3 Å². The molecule has 20 heavy (non-hydrogen) atoms. The van der Waals surface area contributed by atoms with E-state index in [2.05, 4.69) is 16.0 Å². The first-order valence-corrected chi connectivity index (χ1v) is 7.02. The number of hydrogen-bond acceptors (Lipinski definition) is 3. The molecule has 1 fully saturated rings. The lowest BCUT2D eigenvalue weighted by Gasteiger charge is -2.22. The van der Waals surface area contributed by atoms with Gasteiger partial charge in [-0.1, -0.05) is 0 Å². The van der Waals surface area contributed by atoms with Crippen molar-refractivity contribution in [2.24, 2.45) is 5.92 Å². The lowest BCUT2D eigenvalue weighted by molar-refractivity contribution is -0.117. The van der Waals surface area contributed by atoms with Crippen LogP contribution in [0.5, 0.6) is 0 Å². The normalized spacial score (nSPS) is 18.4. The highest BCUT2D eigenvalue weighted by atomic mass is 16.2. The molecule has 5 nitrogen and oxygen atoms in total. The Morgan fingerprint density at radius 1 is 1.20 bits per heavy atom. The quantitative estimate of drug-likeness (QED) is 0.787. The molecule has 0 radical (unpaired) electrons. The van der Waals surface area contributed by atoms with Gasteiger partial charge in [0, 0.05) is 24.7 Å². The number of benzene rings is 1. The highest BCUT2D eigenvalue weighted by Gasteiger charge is 2.16. The number of carbonyl (C=O) groups excluding carboxylic acids is 2. The van der Waals surface area contributed by atoms with Gasteiger partial charge >= 0.3 is 0 Å². The molecular weight excluding hydrogens is 254 g/mol. The number of carbonyl (C=O) groups is 2. The third-order valence-corrected chi connectivity index (χ3v) is 3.36. The third-order valence-electron chi connectivity index (χ3n) is 3.36. The van der Waals surface area contributed by atoms with E-state index >= 15 is 0 Å². The van der Waals surface area contributed by atoms with Gasteiger partial charge in [0.2, 0.25) is 11.8 Å². The summed E-state index contributed by atoms with van der Waals surface area (Å²) < 4.78 is 0. The number of piperidine rings is 1. The summed E-state index contributed by atoms with van der Waals surface area (Å²) in [6.07, 6.45) is 2.81. The van der Waals surface area contributed by atoms with Crippen molar-refractivity contribution >= 4 is 23.2 Å². The topological polar surface area (TPSA) is 70.2 Å². The predicted molar refractivity (Wildman–Crippen MR) is 79.6 cm³/mol. The summed E-state index contributed by atoms with van der Waals surface area (Å²) in [7, 11) is 0. The molecule has 1 saturated heterocycles. The maximum atomic E-state index is 11.9. The summed E-state index contributed by atoms with van der Waals surface area (Å²) in [6, 6.07) is 7.14. The molecule has 1 aromatic rings. The number of anilines is 2. The smallest absolute Gasteiger partial charge is 0.224 e. The zero-order valence-corrected chi connectivity index (χ0v) is 11.7. The number of rotatable bonds is 4. The van der Waals surface area contributed by atoms with Crippen LogP contribution >= 0.6 is 0 Å². The molecule has 1 atom stereocenters. The van der Waals surface area contributed by atoms with Crippen molar-refractivity contribution in [1.82, 2.24) is 5.32 Å². The first-order chi connectivity index (χ1) is 9.63. The van der Waals surface area contributed by atoms with Crippen molar-refractivity contribution < 1.29 is 9.59 Å². The summed E-state index contributed by atoms with van der Waals surface area (Å²) in [5.41, 5.74) is 1.49. The average Bonchev–Trinajstić information content (AvgIpc) is 2.41. The van der Waals surface area contributed by atoms with E-state index in [1.807, 2.05) is 0 Å². The van der Waals surface area contributed by atoms with Crippen molar-refractivity contribution in [3.8, 4) is 0 Å². The Morgan fingerprint density at radius 2 is 1.85 bits per heavy atom. The molecule has 1 heterocycles. The van der Waals surface area contributed by atoms with Crippen molar-refractivity contribution in [3.63, 3.8) is 0 Å². The molecule has 0 saturated carbocycles. The van der Waals surface area contributed by atoms with E-state index in [1.54, 1.807) is 24.3 Å². The summed E-state index contributed by atoms with van der Waals surface area (Å²) >= 11 is 0. The Morgan fingerprint density at radius 3 is 2.40 bits per heavy atom. The second kappa shape index (κ2) is 7.05. The zero-order chi connectivity index (χ0) is 14.4. The van der Waals surface area contributed by atoms with E-state index in [9.17, 15) is 9.59 Å². The zero-order valence-electron chi connectivity index (χ0n) is 11.7. The first kappa shape index (κ1) is 14.5. The maximum Gasteiger partial charge on any atom is 0.224 e. The first-order valence-electron chi connectivity index (χ1n) is 7.02. The second-order valence-electron chi connectivity index (χ2n) is 5.22. The van der Waals surface area contributed by atoms with Gasteiger partial charge < -0.3 is 16.0 Å². The van der Waals surface area contributed by atoms with Crippen LogP contribution in [0.2, 0.25) is 0 Å². The molecule has 5 heteroatoms. The summed E-state index contributed by atoms with van der Waals surface area (Å²) in [5, 5.41) is 8.89. The lowest BCUT2D eigenvalue weighted by atomic mass is 9.96. The molecule has 2 amide bonds. The summed E-state index contributed by atoms with van der Waals surface area (Å²) in [4.78, 5) is 22.8. The number of hydrogen-bond donors (Lipinski definition) is 3. The van der Waals surface area contributed by atoms with E-state index in [4.69, 9.17) is 0 Å². The molecule has 3 N–H and O–H groups in total. The van der Waals surface area contributed by atoms with Gasteiger partial charge in [0.1, 0.15) is 0 Å². The van der Waals surface area contributed by atoms with Crippen LogP contribution in [0.3, 0.4) is 0 Å². The monoisotopic (exact) mass is 275 g/mol. The van der Waals surface area contributed by atoms with Crippen LogP contribution in [-0.4, -0.2) is 24.9 Å². The minimum atomic E-state index is -0.105. The van der Waals surface area contributed by atoms with Crippen LogP contribution in [0, 0.1) is 5.92 Å². The van der Waals surface area contributed by atoms with Crippen LogP contribution in [0.4, 0.5) is 11.4 Å². The van der Waals surface area contributed by atoms with Crippen molar-refractivity contribution in [2.45, 2.75) is 26.2 Å². The van der Waals surface area contributed by atoms with Gasteiger partial charge in [0.15, 0.2) is 0 Å². The highest BCUT2D eigenvalue weighted by Crippen LogP contribution is 2.17. The number of amides is 2. The molecule has 108 valence electrons. The van der Waals surface area contributed by atoms with E-state index in [-0.39, 0.29) is 11.8 Å². The van der Waals surface area contributed by atoms with E-state index in [1.165, 1.54) is 6.92 Å². The fraction of sp³-hybridized carbons (Fsp3) is 0.467. The Bertz CT molecular complexity index is 465. The highest BCUT2D eigenvalue weighted by molar-refractivity contribution is 5.92. The van der Waals surface area contributed by atoms with Gasteiger partial charge in [-0.15, -0.1) is 0 Å². The molecule has 2 rings (SSSR count). The molecule has 0 aromatic heterocycles. The van der Waals surface area contributed by atoms with Crippen LogP contribution < -0.4 is 16.0 Å². The Labute approximate surface area is 119 Å². The molecule has 1 aliphatic rings. The van der Waals surface area contributed by atoms with Gasteiger partial charge in [0.25, 0.3) is 0 Å². The molecule has 0 bridgehead atoms. The van der Waals surface area contributed by atoms with Gasteiger partial charge in [-0.05, 0) is 56.1 Å². The standard InChI is InChI=1S/C15H21N3O2/c1-11(19)17-13-4-6-14(7-5-13)18-15(20)9-12-3-2-8-16-10-12/h4-7,12,16H,2-3,8-10H2,1H3,(H,17,19)(H,18,20). The Hall–Kier alpha value is -1.88. The lowest BCUT2D eigenvalue weighted by Crippen LogP contribution is -2.32. The summed E-state index contributed by atoms with van der Waals surface area (Å²) in [6.45, 7) is 3.45. The van der Waals surface area contributed by atoms with Crippen molar-refractivity contribution in [1.29, 1.82) is 0 Å². The van der Waals surface area contributed by atoms with Crippen LogP contribution in [0.1, 0.15) is 26.2 Å². The predicted octanol–water partition coefficient (Wildman–Crippen LogP) is 1.97. The minimum absolute atomic E-state index is 0.0472. The molecule has 1 unspecified atom stereocenters. The van der Waals surface area contributed by atoms with Crippen LogP contribution in [0.25, 0.3) is 0 Å². The Kier molecular flexibility index (Phi) is 5.12. The van der Waals surface area contributed by atoms with Gasteiger partial charge in [-0.3, -0.25) is 9.59 Å². The van der Waals surface area contributed by atoms with E-state index < -0.39 is 0 Å². The van der Waals surface area contributed by atoms with Crippen molar-refractivity contribution in [2.75, 3.05) is 23.7 Å². The fourth-order valence-electron chi connectivity index (χ4n) is 2.41. The van der Waals surface area contributed by atoms with E-state index in [0.29, 0.717) is 12.3 Å².